The quantitative estimate of drug-likeness (QED) is 0.576. The van der Waals surface area contributed by atoms with Gasteiger partial charge in [-0.3, -0.25) is 4.79 Å². The van der Waals surface area contributed by atoms with Crippen LogP contribution in [0.3, 0.4) is 0 Å². The van der Waals surface area contributed by atoms with Crippen molar-refractivity contribution in [1.82, 2.24) is 24.8 Å². The van der Waals surface area contributed by atoms with E-state index in [4.69, 9.17) is 21.3 Å². The van der Waals surface area contributed by atoms with E-state index in [1.165, 1.54) is 6.20 Å². The Morgan fingerprint density at radius 1 is 1.29 bits per heavy atom. The van der Waals surface area contributed by atoms with Crippen molar-refractivity contribution in [1.29, 1.82) is 0 Å². The molecule has 1 fully saturated rings. The number of pyridine rings is 2. The van der Waals surface area contributed by atoms with Gasteiger partial charge in [0, 0.05) is 42.8 Å². The Kier molecular flexibility index (Phi) is 6.09. The molecule has 1 saturated heterocycles. The Hall–Kier alpha value is -3.26. The number of hydrogen-bond donors (Lipinski definition) is 1. The van der Waals surface area contributed by atoms with E-state index in [9.17, 15) is 4.79 Å². The Bertz CT molecular complexity index is 1270. The highest BCUT2D eigenvalue weighted by Gasteiger charge is 2.47. The van der Waals surface area contributed by atoms with Crippen LogP contribution in [0.4, 0.5) is 5.82 Å². The van der Waals surface area contributed by atoms with Gasteiger partial charge < -0.3 is 15.0 Å². The molecule has 2 aliphatic rings. The summed E-state index contributed by atoms with van der Waals surface area (Å²) in [4.78, 5) is 33.4. The number of hydrogen-bond acceptors (Lipinski definition) is 7. The molecule has 5 heterocycles. The highest BCUT2D eigenvalue weighted by molar-refractivity contribution is 6.31. The van der Waals surface area contributed by atoms with Gasteiger partial charge in [-0.2, -0.15) is 0 Å². The molecule has 2 aliphatic heterocycles. The SMILES string of the molecule is COc1cc(C(C)C(=O)N2C[C@]3(CCc4cc(-c5ncccn5)c(C)nc4N3)C[C@@H]2C)c(Cl)cn1. The smallest absolute Gasteiger partial charge is 0.230 e. The average Bonchev–Trinajstić information content (AvgIpc) is 3.18. The third-order valence-electron chi connectivity index (χ3n) is 7.24. The fourth-order valence-electron chi connectivity index (χ4n) is 5.35. The number of likely N-dealkylation sites (tertiary alicyclic amines) is 1. The summed E-state index contributed by atoms with van der Waals surface area (Å²) in [6.45, 7) is 6.61. The monoisotopic (exact) mass is 492 g/mol. The Balaban J connectivity index is 1.37. The molecule has 8 nitrogen and oxygen atoms in total. The number of carbonyl (C=O) groups excluding carboxylic acids is 1. The van der Waals surface area contributed by atoms with Gasteiger partial charge in [-0.25, -0.2) is 19.9 Å². The van der Waals surface area contributed by atoms with E-state index in [1.54, 1.807) is 25.6 Å². The first kappa shape index (κ1) is 23.5. The first-order valence-corrected chi connectivity index (χ1v) is 12.2. The summed E-state index contributed by atoms with van der Waals surface area (Å²) >= 11 is 6.39. The van der Waals surface area contributed by atoms with Crippen LogP contribution in [0, 0.1) is 6.92 Å². The molecule has 0 aliphatic carbocycles. The maximum atomic E-state index is 13.6. The molecule has 9 heteroatoms. The van der Waals surface area contributed by atoms with Gasteiger partial charge in [0.2, 0.25) is 11.8 Å². The van der Waals surface area contributed by atoms with Gasteiger partial charge in [-0.1, -0.05) is 11.6 Å². The second kappa shape index (κ2) is 9.07. The van der Waals surface area contributed by atoms with Crippen LogP contribution >= 0.6 is 11.6 Å². The molecule has 3 aromatic rings. The number of amides is 1. The topological polar surface area (TPSA) is 93.1 Å². The van der Waals surface area contributed by atoms with E-state index >= 15 is 0 Å². The molecule has 35 heavy (non-hydrogen) atoms. The zero-order valence-electron chi connectivity index (χ0n) is 20.4. The number of rotatable bonds is 4. The van der Waals surface area contributed by atoms with Gasteiger partial charge in [0.15, 0.2) is 5.82 Å². The standard InChI is InChI=1S/C26H29ClN6O2/c1-15-12-26(14-33(15)25(34)16(2)19-11-22(35-4)30-13-21(19)27)7-6-18-10-20(17(3)31-23(18)32-26)24-28-8-5-9-29-24/h5,8-11,13,15-16H,6-7,12,14H2,1-4H3,(H,31,32)/t15-,16?,26-/m0/s1. The molecule has 1 N–H and O–H groups in total. The van der Waals surface area contributed by atoms with Crippen LogP contribution in [-0.2, 0) is 11.2 Å². The Morgan fingerprint density at radius 3 is 2.80 bits per heavy atom. The van der Waals surface area contributed by atoms with Crippen LogP contribution in [0.25, 0.3) is 11.4 Å². The summed E-state index contributed by atoms with van der Waals surface area (Å²) in [6.07, 6.45) is 7.70. The summed E-state index contributed by atoms with van der Waals surface area (Å²) in [7, 11) is 1.55. The number of anilines is 1. The molecule has 182 valence electrons. The van der Waals surface area contributed by atoms with Crippen molar-refractivity contribution in [2.75, 3.05) is 19.0 Å². The van der Waals surface area contributed by atoms with Crippen molar-refractivity contribution in [2.24, 2.45) is 0 Å². The number of aromatic nitrogens is 4. The summed E-state index contributed by atoms with van der Waals surface area (Å²) in [5.41, 5.74) is 3.52. The Labute approximate surface area is 210 Å². The molecule has 1 amide bonds. The third-order valence-corrected chi connectivity index (χ3v) is 7.55. The summed E-state index contributed by atoms with van der Waals surface area (Å²) < 4.78 is 5.24. The molecule has 0 aromatic carbocycles. The lowest BCUT2D eigenvalue weighted by molar-refractivity contribution is -0.133. The van der Waals surface area contributed by atoms with Crippen molar-refractivity contribution in [3.05, 3.63) is 58.6 Å². The van der Waals surface area contributed by atoms with E-state index < -0.39 is 5.92 Å². The molecular formula is C26H29ClN6O2. The van der Waals surface area contributed by atoms with Crippen molar-refractivity contribution in [3.63, 3.8) is 0 Å². The molecule has 1 unspecified atom stereocenters. The fraction of sp³-hybridized carbons (Fsp3) is 0.423. The molecule has 3 aromatic heterocycles. The van der Waals surface area contributed by atoms with Crippen molar-refractivity contribution in [3.8, 4) is 17.3 Å². The zero-order valence-corrected chi connectivity index (χ0v) is 21.1. The maximum absolute atomic E-state index is 13.6. The van der Waals surface area contributed by atoms with Gasteiger partial charge in [0.05, 0.1) is 29.3 Å². The van der Waals surface area contributed by atoms with Gasteiger partial charge in [0.1, 0.15) is 5.82 Å². The number of fused-ring (bicyclic) bond motifs is 1. The lowest BCUT2D eigenvalue weighted by Gasteiger charge is -2.36. The molecule has 0 radical (unpaired) electrons. The molecule has 5 rings (SSSR count). The number of nitrogens with zero attached hydrogens (tertiary/aromatic N) is 5. The number of methoxy groups -OCH3 is 1. The minimum Gasteiger partial charge on any atom is -0.481 e. The van der Waals surface area contributed by atoms with E-state index in [0.29, 0.717) is 23.3 Å². The maximum Gasteiger partial charge on any atom is 0.230 e. The Morgan fingerprint density at radius 2 is 2.06 bits per heavy atom. The molecule has 3 atom stereocenters. The first-order valence-electron chi connectivity index (χ1n) is 11.9. The first-order chi connectivity index (χ1) is 16.8. The summed E-state index contributed by atoms with van der Waals surface area (Å²) in [5, 5.41) is 4.18. The van der Waals surface area contributed by atoms with Gasteiger partial charge in [-0.05, 0) is 63.3 Å². The van der Waals surface area contributed by atoms with Crippen LogP contribution in [0.1, 0.15) is 49.4 Å². The number of ether oxygens (including phenoxy) is 1. The fourth-order valence-corrected chi connectivity index (χ4v) is 5.61. The van der Waals surface area contributed by atoms with E-state index in [1.807, 2.05) is 24.8 Å². The molecule has 0 saturated carbocycles. The van der Waals surface area contributed by atoms with E-state index in [-0.39, 0.29) is 17.5 Å². The van der Waals surface area contributed by atoms with Crippen molar-refractivity contribution in [2.45, 2.75) is 57.5 Å². The summed E-state index contributed by atoms with van der Waals surface area (Å²) in [5.74, 6) is 1.68. The van der Waals surface area contributed by atoms with Crippen LogP contribution in [0.5, 0.6) is 5.88 Å². The molecule has 0 bridgehead atoms. The van der Waals surface area contributed by atoms with Gasteiger partial charge in [0.25, 0.3) is 0 Å². The second-order valence-electron chi connectivity index (χ2n) is 9.60. The normalized spacial score (nSPS) is 22.0. The lowest BCUT2D eigenvalue weighted by Crippen LogP contribution is -2.46. The highest BCUT2D eigenvalue weighted by atomic mass is 35.5. The molecule has 1 spiro atoms. The van der Waals surface area contributed by atoms with Crippen LogP contribution in [0.15, 0.2) is 36.8 Å². The minimum absolute atomic E-state index is 0.0536. The number of carbonyl (C=O) groups is 1. The van der Waals surface area contributed by atoms with Crippen LogP contribution in [0.2, 0.25) is 5.02 Å². The number of halogens is 1. The zero-order chi connectivity index (χ0) is 24.7. The lowest BCUT2D eigenvalue weighted by atomic mass is 9.85. The average molecular weight is 493 g/mol. The number of aryl methyl sites for hydroxylation is 2. The number of nitrogens with one attached hydrogen (secondary N) is 1. The molecular weight excluding hydrogens is 464 g/mol. The van der Waals surface area contributed by atoms with Crippen molar-refractivity contribution < 1.29 is 9.53 Å². The predicted octanol–water partition coefficient (Wildman–Crippen LogP) is 4.43. The largest absolute Gasteiger partial charge is 0.481 e. The van der Waals surface area contributed by atoms with Gasteiger partial charge >= 0.3 is 0 Å². The van der Waals surface area contributed by atoms with Crippen LogP contribution in [-0.4, -0.2) is 56.0 Å². The van der Waals surface area contributed by atoms with Gasteiger partial charge in [-0.15, -0.1) is 0 Å². The second-order valence-corrected chi connectivity index (χ2v) is 10.0. The van der Waals surface area contributed by atoms with Crippen molar-refractivity contribution >= 4 is 23.3 Å². The minimum atomic E-state index is -0.401. The highest BCUT2D eigenvalue weighted by Crippen LogP contribution is 2.41. The third kappa shape index (κ3) is 4.31. The summed E-state index contributed by atoms with van der Waals surface area (Å²) in [6, 6.07) is 5.80. The van der Waals surface area contributed by atoms with E-state index in [0.717, 1.165) is 47.5 Å². The van der Waals surface area contributed by atoms with E-state index in [2.05, 4.69) is 33.3 Å². The predicted molar refractivity (Wildman–Crippen MR) is 135 cm³/mol. The van der Waals surface area contributed by atoms with Crippen LogP contribution < -0.4 is 10.1 Å².